The van der Waals surface area contributed by atoms with Crippen molar-refractivity contribution in [3.05, 3.63) is 76.0 Å². The minimum absolute atomic E-state index is 0.0284. The summed E-state index contributed by atoms with van der Waals surface area (Å²) in [5.41, 5.74) is 2.71. The summed E-state index contributed by atoms with van der Waals surface area (Å²) in [4.78, 5) is 36.2. The highest BCUT2D eigenvalue weighted by Crippen LogP contribution is 2.32. The number of benzene rings is 2. The molecule has 2 aromatic rings. The Bertz CT molecular complexity index is 940. The molecule has 1 heterocycles. The van der Waals surface area contributed by atoms with Gasteiger partial charge in [0.05, 0.1) is 17.4 Å². The van der Waals surface area contributed by atoms with Gasteiger partial charge < -0.3 is 15.5 Å². The molecule has 0 fully saturated rings. The van der Waals surface area contributed by atoms with E-state index in [1.807, 2.05) is 30.3 Å². The molecule has 0 spiro atoms. The zero-order chi connectivity index (χ0) is 20.8. The number of hydrogen-bond donors (Lipinski definition) is 2. The highest BCUT2D eigenvalue weighted by atomic mass is 16.6. The molecule has 1 aliphatic rings. The topological polar surface area (TPSA) is 105 Å². The quantitative estimate of drug-likeness (QED) is 0.427. The Morgan fingerprint density at radius 3 is 2.52 bits per heavy atom. The van der Waals surface area contributed by atoms with E-state index in [-0.39, 0.29) is 30.0 Å². The molecule has 2 amide bonds. The van der Waals surface area contributed by atoms with Gasteiger partial charge in [-0.3, -0.25) is 19.7 Å². The molecule has 0 radical (unpaired) electrons. The molecular weight excluding hydrogens is 372 g/mol. The van der Waals surface area contributed by atoms with E-state index in [0.717, 1.165) is 16.8 Å². The van der Waals surface area contributed by atoms with Crippen LogP contribution in [0.5, 0.6) is 0 Å². The Balaban J connectivity index is 1.52. The third kappa shape index (κ3) is 4.98. The van der Waals surface area contributed by atoms with Crippen molar-refractivity contribution in [2.24, 2.45) is 0 Å². The SMILES string of the molecule is CC(=O)N1C=Cc2ccccc2[C@@H]1CC(=O)NCCNc1ccc([N+](=O)[O-])cc1. The van der Waals surface area contributed by atoms with Crippen LogP contribution in [0.2, 0.25) is 0 Å². The number of carbonyl (C=O) groups is 2. The molecule has 1 aliphatic heterocycles. The van der Waals surface area contributed by atoms with Crippen LogP contribution in [0, 0.1) is 10.1 Å². The predicted octanol–water partition coefficient (Wildman–Crippen LogP) is 3.09. The van der Waals surface area contributed by atoms with Crippen molar-refractivity contribution in [2.45, 2.75) is 19.4 Å². The number of fused-ring (bicyclic) bond motifs is 1. The van der Waals surface area contributed by atoms with Crippen molar-refractivity contribution < 1.29 is 14.5 Å². The Hall–Kier alpha value is -3.68. The summed E-state index contributed by atoms with van der Waals surface area (Å²) < 4.78 is 0. The van der Waals surface area contributed by atoms with E-state index in [4.69, 9.17) is 0 Å². The molecule has 0 saturated carbocycles. The Kier molecular flexibility index (Phi) is 6.23. The average molecular weight is 394 g/mol. The van der Waals surface area contributed by atoms with E-state index in [9.17, 15) is 19.7 Å². The maximum absolute atomic E-state index is 12.4. The van der Waals surface area contributed by atoms with Crippen LogP contribution in [-0.2, 0) is 9.59 Å². The van der Waals surface area contributed by atoms with Gasteiger partial charge in [0.25, 0.3) is 5.69 Å². The molecule has 8 nitrogen and oxygen atoms in total. The normalized spacial score (nSPS) is 14.8. The molecule has 0 aliphatic carbocycles. The van der Waals surface area contributed by atoms with Gasteiger partial charge in [0.15, 0.2) is 0 Å². The lowest BCUT2D eigenvalue weighted by Crippen LogP contribution is -2.36. The lowest BCUT2D eigenvalue weighted by Gasteiger charge is -2.32. The van der Waals surface area contributed by atoms with Crippen LogP contribution in [0.3, 0.4) is 0 Å². The summed E-state index contributed by atoms with van der Waals surface area (Å²) in [7, 11) is 0. The van der Waals surface area contributed by atoms with Gasteiger partial charge >= 0.3 is 0 Å². The van der Waals surface area contributed by atoms with Crippen LogP contribution < -0.4 is 10.6 Å². The van der Waals surface area contributed by atoms with Crippen molar-refractivity contribution in [3.8, 4) is 0 Å². The minimum atomic E-state index is -0.451. The molecule has 150 valence electrons. The second kappa shape index (κ2) is 9.01. The lowest BCUT2D eigenvalue weighted by atomic mass is 9.93. The smallest absolute Gasteiger partial charge is 0.269 e. The maximum Gasteiger partial charge on any atom is 0.269 e. The predicted molar refractivity (Wildman–Crippen MR) is 110 cm³/mol. The fourth-order valence-electron chi connectivity index (χ4n) is 3.27. The molecule has 3 rings (SSSR count). The highest BCUT2D eigenvalue weighted by Gasteiger charge is 2.27. The van der Waals surface area contributed by atoms with Gasteiger partial charge in [-0.05, 0) is 29.3 Å². The van der Waals surface area contributed by atoms with Gasteiger partial charge in [0, 0.05) is 44.0 Å². The number of nitrogens with one attached hydrogen (secondary N) is 2. The van der Waals surface area contributed by atoms with Crippen LogP contribution in [-0.4, -0.2) is 34.7 Å². The van der Waals surface area contributed by atoms with Crippen LogP contribution >= 0.6 is 0 Å². The van der Waals surface area contributed by atoms with E-state index in [1.54, 1.807) is 23.2 Å². The molecule has 0 unspecified atom stereocenters. The first-order valence-electron chi connectivity index (χ1n) is 9.27. The molecule has 0 aromatic heterocycles. The molecule has 1 atom stereocenters. The van der Waals surface area contributed by atoms with Gasteiger partial charge in [0.1, 0.15) is 0 Å². The highest BCUT2D eigenvalue weighted by molar-refractivity contribution is 5.81. The lowest BCUT2D eigenvalue weighted by molar-refractivity contribution is -0.384. The number of carbonyl (C=O) groups excluding carboxylic acids is 2. The van der Waals surface area contributed by atoms with E-state index in [1.165, 1.54) is 19.1 Å². The van der Waals surface area contributed by atoms with Crippen molar-refractivity contribution in [1.29, 1.82) is 0 Å². The summed E-state index contributed by atoms with van der Waals surface area (Å²) >= 11 is 0. The standard InChI is InChI=1S/C21H22N4O4/c1-15(26)24-13-10-16-4-2-3-5-19(16)20(24)14-21(27)23-12-11-22-17-6-8-18(9-7-17)25(28)29/h2-10,13,20,22H,11-12,14H2,1H3,(H,23,27)/t20-/m0/s1. The third-order valence-electron chi connectivity index (χ3n) is 4.70. The molecule has 2 aromatic carbocycles. The maximum atomic E-state index is 12.4. The molecular formula is C21H22N4O4. The van der Waals surface area contributed by atoms with E-state index in [0.29, 0.717) is 13.1 Å². The van der Waals surface area contributed by atoms with E-state index in [2.05, 4.69) is 10.6 Å². The average Bonchev–Trinajstić information content (AvgIpc) is 2.71. The number of amides is 2. The summed E-state index contributed by atoms with van der Waals surface area (Å²) in [5, 5.41) is 16.6. The number of non-ortho nitro benzene ring substituents is 1. The van der Waals surface area contributed by atoms with Crippen LogP contribution in [0.15, 0.2) is 54.7 Å². The number of nitrogens with zero attached hydrogens (tertiary/aromatic N) is 2. The number of rotatable bonds is 7. The minimum Gasteiger partial charge on any atom is -0.383 e. The van der Waals surface area contributed by atoms with Gasteiger partial charge in [-0.2, -0.15) is 0 Å². The van der Waals surface area contributed by atoms with Crippen molar-refractivity contribution in [1.82, 2.24) is 10.2 Å². The van der Waals surface area contributed by atoms with Gasteiger partial charge in [0.2, 0.25) is 11.8 Å². The summed E-state index contributed by atoms with van der Waals surface area (Å²) in [6.45, 7) is 2.35. The van der Waals surface area contributed by atoms with Crippen molar-refractivity contribution in [2.75, 3.05) is 18.4 Å². The van der Waals surface area contributed by atoms with Crippen LogP contribution in [0.25, 0.3) is 6.08 Å². The van der Waals surface area contributed by atoms with Crippen LogP contribution in [0.1, 0.15) is 30.5 Å². The first kappa shape index (κ1) is 20.1. The second-order valence-electron chi connectivity index (χ2n) is 6.67. The molecule has 2 N–H and O–H groups in total. The van der Waals surface area contributed by atoms with Gasteiger partial charge in [-0.15, -0.1) is 0 Å². The fraction of sp³-hybridized carbons (Fsp3) is 0.238. The number of anilines is 1. The molecule has 29 heavy (non-hydrogen) atoms. The summed E-state index contributed by atoms with van der Waals surface area (Å²) in [5.74, 6) is -0.273. The van der Waals surface area contributed by atoms with Gasteiger partial charge in [-0.1, -0.05) is 24.3 Å². The summed E-state index contributed by atoms with van der Waals surface area (Å²) in [6.07, 6.45) is 3.76. The first-order valence-corrected chi connectivity index (χ1v) is 9.27. The monoisotopic (exact) mass is 394 g/mol. The Morgan fingerprint density at radius 2 is 1.83 bits per heavy atom. The molecule has 0 saturated heterocycles. The fourth-order valence-corrected chi connectivity index (χ4v) is 3.27. The first-order chi connectivity index (χ1) is 14.0. The Morgan fingerprint density at radius 1 is 1.10 bits per heavy atom. The number of nitro groups is 1. The van der Waals surface area contributed by atoms with Crippen LogP contribution in [0.4, 0.5) is 11.4 Å². The zero-order valence-corrected chi connectivity index (χ0v) is 16.0. The number of nitro benzene ring substituents is 1. The third-order valence-corrected chi connectivity index (χ3v) is 4.70. The zero-order valence-electron chi connectivity index (χ0n) is 16.0. The van der Waals surface area contributed by atoms with E-state index >= 15 is 0 Å². The second-order valence-corrected chi connectivity index (χ2v) is 6.67. The van der Waals surface area contributed by atoms with Crippen molar-refractivity contribution >= 4 is 29.3 Å². The van der Waals surface area contributed by atoms with Gasteiger partial charge in [-0.25, -0.2) is 0 Å². The Labute approximate surface area is 168 Å². The molecule has 8 heteroatoms. The van der Waals surface area contributed by atoms with Crippen molar-refractivity contribution in [3.63, 3.8) is 0 Å². The largest absolute Gasteiger partial charge is 0.383 e. The summed E-state index contributed by atoms with van der Waals surface area (Å²) in [6, 6.07) is 13.5. The molecule has 0 bridgehead atoms. The van der Waals surface area contributed by atoms with E-state index < -0.39 is 4.92 Å². The number of hydrogen-bond acceptors (Lipinski definition) is 5.